The number of hydrogen-bond donors (Lipinski definition) is 1. The first-order valence-corrected chi connectivity index (χ1v) is 9.71. The number of likely N-dealkylation sites (tertiary alicyclic amines) is 1. The van der Waals surface area contributed by atoms with Crippen molar-refractivity contribution in [2.24, 2.45) is 5.92 Å². The van der Waals surface area contributed by atoms with E-state index in [1.165, 1.54) is 12.1 Å². The van der Waals surface area contributed by atoms with Crippen molar-refractivity contribution in [3.8, 4) is 11.5 Å². The van der Waals surface area contributed by atoms with E-state index in [1.54, 1.807) is 35.2 Å². The number of nitrogens with one attached hydrogen (secondary N) is 1. The molecule has 2 aliphatic rings. The molecule has 0 aromatic heterocycles. The first kappa shape index (κ1) is 19.7. The molecule has 30 heavy (non-hydrogen) atoms. The van der Waals surface area contributed by atoms with Crippen LogP contribution in [0.15, 0.2) is 42.5 Å². The Hall–Kier alpha value is -3.62. The van der Waals surface area contributed by atoms with Crippen molar-refractivity contribution in [3.05, 3.63) is 58.1 Å². The van der Waals surface area contributed by atoms with Gasteiger partial charge in [-0.25, -0.2) is 0 Å². The Labute approximate surface area is 172 Å². The highest BCUT2D eigenvalue weighted by molar-refractivity contribution is 5.93. The number of hydrogen-bond acceptors (Lipinski definition) is 6. The largest absolute Gasteiger partial charge is 0.454 e. The Morgan fingerprint density at radius 3 is 2.47 bits per heavy atom. The van der Waals surface area contributed by atoms with Crippen molar-refractivity contribution in [1.82, 2.24) is 4.90 Å². The minimum absolute atomic E-state index is 0.000449. The van der Waals surface area contributed by atoms with Crippen LogP contribution in [0.25, 0.3) is 0 Å². The van der Waals surface area contributed by atoms with Gasteiger partial charge in [0.15, 0.2) is 11.5 Å². The summed E-state index contributed by atoms with van der Waals surface area (Å²) in [6.07, 6.45) is 1.36. The molecule has 2 amide bonds. The van der Waals surface area contributed by atoms with E-state index in [4.69, 9.17) is 9.47 Å². The van der Waals surface area contributed by atoms with Gasteiger partial charge in [-0.2, -0.15) is 0 Å². The first-order chi connectivity index (χ1) is 14.5. The summed E-state index contributed by atoms with van der Waals surface area (Å²) >= 11 is 0. The SMILES string of the molecule is O=C(Nc1ccc2c(c1)OCO2)C1CCN(C(=O)Cc2ccc([N+](=O)[O-])cc2)CC1. The van der Waals surface area contributed by atoms with Gasteiger partial charge in [0, 0.05) is 42.9 Å². The molecule has 0 spiro atoms. The lowest BCUT2D eigenvalue weighted by atomic mass is 9.95. The van der Waals surface area contributed by atoms with Gasteiger partial charge in [0.05, 0.1) is 11.3 Å². The van der Waals surface area contributed by atoms with Crippen LogP contribution < -0.4 is 14.8 Å². The van der Waals surface area contributed by atoms with E-state index in [-0.39, 0.29) is 36.6 Å². The van der Waals surface area contributed by atoms with Crippen molar-refractivity contribution in [2.45, 2.75) is 19.3 Å². The summed E-state index contributed by atoms with van der Waals surface area (Å²) < 4.78 is 10.6. The number of carbonyl (C=O) groups excluding carboxylic acids is 2. The molecule has 0 unspecified atom stereocenters. The number of amides is 2. The Kier molecular flexibility index (Phi) is 5.51. The third-order valence-electron chi connectivity index (χ3n) is 5.36. The van der Waals surface area contributed by atoms with Crippen LogP contribution in [0.5, 0.6) is 11.5 Å². The third-order valence-corrected chi connectivity index (χ3v) is 5.36. The molecule has 0 atom stereocenters. The molecule has 0 saturated carbocycles. The Balaban J connectivity index is 1.27. The van der Waals surface area contributed by atoms with Gasteiger partial charge in [-0.1, -0.05) is 12.1 Å². The van der Waals surface area contributed by atoms with Gasteiger partial charge in [0.2, 0.25) is 18.6 Å². The third kappa shape index (κ3) is 4.35. The fraction of sp³-hybridized carbons (Fsp3) is 0.333. The summed E-state index contributed by atoms with van der Waals surface area (Å²) in [6, 6.07) is 11.3. The van der Waals surface area contributed by atoms with Gasteiger partial charge in [0.1, 0.15) is 0 Å². The molecule has 0 radical (unpaired) electrons. The van der Waals surface area contributed by atoms with E-state index in [2.05, 4.69) is 5.32 Å². The second-order valence-corrected chi connectivity index (χ2v) is 7.31. The topological polar surface area (TPSA) is 111 Å². The molecule has 2 aromatic carbocycles. The highest BCUT2D eigenvalue weighted by Crippen LogP contribution is 2.34. The second-order valence-electron chi connectivity index (χ2n) is 7.31. The van der Waals surface area contributed by atoms with Crippen molar-refractivity contribution in [1.29, 1.82) is 0 Å². The molecule has 4 rings (SSSR count). The first-order valence-electron chi connectivity index (χ1n) is 9.71. The Morgan fingerprint density at radius 1 is 1.07 bits per heavy atom. The molecule has 0 bridgehead atoms. The highest BCUT2D eigenvalue weighted by atomic mass is 16.7. The van der Waals surface area contributed by atoms with Crippen LogP contribution in [0, 0.1) is 16.0 Å². The number of piperidine rings is 1. The van der Waals surface area contributed by atoms with Gasteiger partial charge < -0.3 is 19.7 Å². The number of ether oxygens (including phenoxy) is 2. The number of anilines is 1. The number of non-ortho nitro benzene ring substituents is 1. The molecule has 1 N–H and O–H groups in total. The van der Waals surface area contributed by atoms with Crippen molar-refractivity contribution < 1.29 is 24.0 Å². The van der Waals surface area contributed by atoms with Crippen molar-refractivity contribution in [2.75, 3.05) is 25.2 Å². The van der Waals surface area contributed by atoms with Gasteiger partial charge in [0.25, 0.3) is 5.69 Å². The van der Waals surface area contributed by atoms with E-state index in [0.29, 0.717) is 43.1 Å². The van der Waals surface area contributed by atoms with E-state index in [0.717, 1.165) is 5.56 Å². The molecule has 9 nitrogen and oxygen atoms in total. The van der Waals surface area contributed by atoms with Crippen molar-refractivity contribution >= 4 is 23.2 Å². The minimum Gasteiger partial charge on any atom is -0.454 e. The number of nitrogens with zero attached hydrogens (tertiary/aromatic N) is 2. The lowest BCUT2D eigenvalue weighted by Crippen LogP contribution is -2.42. The van der Waals surface area contributed by atoms with E-state index in [9.17, 15) is 19.7 Å². The second kappa shape index (κ2) is 8.40. The maximum atomic E-state index is 12.6. The summed E-state index contributed by atoms with van der Waals surface area (Å²) in [6.45, 7) is 1.19. The Morgan fingerprint density at radius 2 is 1.77 bits per heavy atom. The summed E-state index contributed by atoms with van der Waals surface area (Å²) in [7, 11) is 0. The Bertz CT molecular complexity index is 967. The predicted molar refractivity (Wildman–Crippen MR) is 107 cm³/mol. The van der Waals surface area contributed by atoms with Crippen LogP contribution in [0.4, 0.5) is 11.4 Å². The zero-order chi connectivity index (χ0) is 21.1. The number of rotatable bonds is 5. The summed E-state index contributed by atoms with van der Waals surface area (Å²) in [5.41, 5.74) is 1.38. The fourth-order valence-corrected chi connectivity index (χ4v) is 3.63. The zero-order valence-electron chi connectivity index (χ0n) is 16.2. The molecule has 156 valence electrons. The van der Waals surface area contributed by atoms with Crippen LogP contribution in [0.1, 0.15) is 18.4 Å². The van der Waals surface area contributed by atoms with Crippen LogP contribution in [0.2, 0.25) is 0 Å². The van der Waals surface area contributed by atoms with E-state index < -0.39 is 4.92 Å². The zero-order valence-corrected chi connectivity index (χ0v) is 16.2. The van der Waals surface area contributed by atoms with Gasteiger partial charge in [-0.05, 0) is 30.5 Å². The fourth-order valence-electron chi connectivity index (χ4n) is 3.63. The van der Waals surface area contributed by atoms with Crippen molar-refractivity contribution in [3.63, 3.8) is 0 Å². The molecule has 1 fully saturated rings. The van der Waals surface area contributed by atoms with Crippen LogP contribution in [-0.2, 0) is 16.0 Å². The van der Waals surface area contributed by atoms with E-state index in [1.807, 2.05) is 0 Å². The number of nitro groups is 1. The van der Waals surface area contributed by atoms with Gasteiger partial charge >= 0.3 is 0 Å². The molecule has 2 aromatic rings. The number of carbonyl (C=O) groups is 2. The predicted octanol–water partition coefficient (Wildman–Crippen LogP) is 2.74. The molecular formula is C21H21N3O6. The normalized spacial score (nSPS) is 15.7. The smallest absolute Gasteiger partial charge is 0.269 e. The number of nitro benzene ring substituents is 1. The average Bonchev–Trinajstić information content (AvgIpc) is 3.22. The highest BCUT2D eigenvalue weighted by Gasteiger charge is 2.27. The summed E-state index contributed by atoms with van der Waals surface area (Å²) in [5, 5.41) is 13.6. The quantitative estimate of drug-likeness (QED) is 0.598. The molecule has 2 heterocycles. The maximum Gasteiger partial charge on any atom is 0.269 e. The lowest BCUT2D eigenvalue weighted by molar-refractivity contribution is -0.384. The molecule has 2 aliphatic heterocycles. The standard InChI is InChI=1S/C21H21N3O6/c25-20(11-14-1-4-17(5-2-14)24(27)28)23-9-7-15(8-10-23)21(26)22-16-3-6-18-19(12-16)30-13-29-18/h1-6,12,15H,7-11,13H2,(H,22,26). The van der Waals surface area contributed by atoms with E-state index >= 15 is 0 Å². The molecule has 9 heteroatoms. The van der Waals surface area contributed by atoms with Gasteiger partial charge in [-0.15, -0.1) is 0 Å². The molecule has 1 saturated heterocycles. The monoisotopic (exact) mass is 411 g/mol. The van der Waals surface area contributed by atoms with Crippen LogP contribution in [-0.4, -0.2) is 41.5 Å². The van der Waals surface area contributed by atoms with Gasteiger partial charge in [-0.3, -0.25) is 19.7 Å². The average molecular weight is 411 g/mol. The van der Waals surface area contributed by atoms with Crippen LogP contribution in [0.3, 0.4) is 0 Å². The van der Waals surface area contributed by atoms with Crippen LogP contribution >= 0.6 is 0 Å². The number of fused-ring (bicyclic) bond motifs is 1. The summed E-state index contributed by atoms with van der Waals surface area (Å²) in [5.74, 6) is 0.987. The maximum absolute atomic E-state index is 12.6. The lowest BCUT2D eigenvalue weighted by Gasteiger charge is -2.31. The minimum atomic E-state index is -0.467. The summed E-state index contributed by atoms with van der Waals surface area (Å²) in [4.78, 5) is 37.1. The molecule has 0 aliphatic carbocycles. The number of benzene rings is 2. The molecular weight excluding hydrogens is 390 g/mol.